The summed E-state index contributed by atoms with van der Waals surface area (Å²) in [4.78, 5) is 15.5. The minimum absolute atomic E-state index is 0.210. The highest BCUT2D eigenvalue weighted by Gasteiger charge is 2.06. The molecule has 0 atom stereocenters. The fourth-order valence-electron chi connectivity index (χ4n) is 0.708. The monoisotopic (exact) mass is 231 g/mol. The molecule has 0 aromatic carbocycles. The lowest BCUT2D eigenvalue weighted by Crippen LogP contribution is -2.11. The third-order valence-electron chi connectivity index (χ3n) is 1.38. The lowest BCUT2D eigenvalue weighted by atomic mass is 10.5. The van der Waals surface area contributed by atoms with E-state index in [-0.39, 0.29) is 11.0 Å². The third-order valence-corrected chi connectivity index (χ3v) is 1.71. The Labute approximate surface area is 91.2 Å². The minimum Gasteiger partial charge on any atom is -0.360 e. The molecular weight excluding hydrogens is 222 g/mol. The number of nitrogens with one attached hydrogen (secondary N) is 1. The van der Waals surface area contributed by atoms with Gasteiger partial charge in [-0.3, -0.25) is 10.2 Å². The number of carbonyl (C=O) groups excluding carboxylic acids is 1. The molecular formula is C8H10ClN3O3. The van der Waals surface area contributed by atoms with E-state index in [1.165, 1.54) is 0 Å². The molecule has 6 nitrogen and oxygen atoms in total. The van der Waals surface area contributed by atoms with Crippen molar-refractivity contribution in [3.05, 3.63) is 11.8 Å². The number of anilines is 1. The molecule has 1 rings (SSSR count). The maximum atomic E-state index is 11.1. The predicted octanol–water partition coefficient (Wildman–Crippen LogP) is 2.49. The van der Waals surface area contributed by atoms with Crippen molar-refractivity contribution in [3.8, 4) is 0 Å². The van der Waals surface area contributed by atoms with Gasteiger partial charge in [-0.05, 0) is 6.92 Å². The van der Waals surface area contributed by atoms with Gasteiger partial charge in [0.15, 0.2) is 5.82 Å². The lowest BCUT2D eigenvalue weighted by Gasteiger charge is -1.97. The van der Waals surface area contributed by atoms with E-state index in [9.17, 15) is 4.79 Å². The lowest BCUT2D eigenvalue weighted by molar-refractivity contribution is 0.166. The second-order valence-electron chi connectivity index (χ2n) is 2.65. The van der Waals surface area contributed by atoms with E-state index in [1.807, 2.05) is 0 Å². The van der Waals surface area contributed by atoms with Crippen LogP contribution >= 0.6 is 11.6 Å². The van der Waals surface area contributed by atoms with Crippen LogP contribution in [0.15, 0.2) is 15.7 Å². The Morgan fingerprint density at radius 2 is 2.53 bits per heavy atom. The average Bonchev–Trinajstić information content (AvgIpc) is 2.60. The van der Waals surface area contributed by atoms with Crippen LogP contribution in [0.25, 0.3) is 0 Å². The van der Waals surface area contributed by atoms with Crippen LogP contribution in [0.3, 0.4) is 0 Å². The molecule has 0 aliphatic carbocycles. The van der Waals surface area contributed by atoms with Crippen LogP contribution < -0.4 is 5.32 Å². The Bertz CT molecular complexity index is 375. The molecule has 7 heteroatoms. The molecule has 0 aliphatic heterocycles. The summed E-state index contributed by atoms with van der Waals surface area (Å²) in [6.07, 6.45) is -0.271. The van der Waals surface area contributed by atoms with Crippen molar-refractivity contribution in [3.63, 3.8) is 0 Å². The van der Waals surface area contributed by atoms with Gasteiger partial charge < -0.3 is 4.52 Å². The van der Waals surface area contributed by atoms with Gasteiger partial charge in [-0.2, -0.15) is 0 Å². The molecule has 1 aromatic rings. The summed E-state index contributed by atoms with van der Waals surface area (Å²) in [7, 11) is 0. The second-order valence-corrected chi connectivity index (χ2v) is 3.08. The van der Waals surface area contributed by atoms with Gasteiger partial charge in [0.2, 0.25) is 0 Å². The van der Waals surface area contributed by atoms with Crippen molar-refractivity contribution >= 4 is 28.7 Å². The van der Waals surface area contributed by atoms with Gasteiger partial charge >= 0.3 is 6.09 Å². The Balaban J connectivity index is 2.43. The first kappa shape index (κ1) is 11.5. The highest BCUT2D eigenvalue weighted by Crippen LogP contribution is 2.07. The van der Waals surface area contributed by atoms with Gasteiger partial charge in [-0.15, -0.1) is 0 Å². The SMILES string of the molecule is CCC(Cl)=NOC(=O)Nc1cc(C)on1. The van der Waals surface area contributed by atoms with Crippen LogP contribution in [0.5, 0.6) is 0 Å². The van der Waals surface area contributed by atoms with Crippen LogP contribution in [0.1, 0.15) is 19.1 Å². The molecule has 0 radical (unpaired) electrons. The van der Waals surface area contributed by atoms with Gasteiger partial charge in [0, 0.05) is 12.5 Å². The quantitative estimate of drug-likeness (QED) is 0.493. The van der Waals surface area contributed by atoms with Gasteiger partial charge in [-0.25, -0.2) is 4.79 Å². The maximum absolute atomic E-state index is 11.1. The summed E-state index contributed by atoms with van der Waals surface area (Å²) in [6, 6.07) is 1.55. The Morgan fingerprint density at radius 3 is 3.07 bits per heavy atom. The summed E-state index contributed by atoms with van der Waals surface area (Å²) < 4.78 is 4.73. The van der Waals surface area contributed by atoms with Crippen molar-refractivity contribution in [1.82, 2.24) is 5.16 Å². The zero-order valence-corrected chi connectivity index (χ0v) is 9.04. The Hall–Kier alpha value is -1.56. The molecule has 0 bridgehead atoms. The summed E-state index contributed by atoms with van der Waals surface area (Å²) >= 11 is 5.53. The molecule has 0 saturated carbocycles. The van der Waals surface area contributed by atoms with E-state index in [2.05, 4.69) is 20.5 Å². The van der Waals surface area contributed by atoms with E-state index in [1.54, 1.807) is 19.9 Å². The fraction of sp³-hybridized carbons (Fsp3) is 0.375. The van der Waals surface area contributed by atoms with E-state index in [0.717, 1.165) is 0 Å². The highest BCUT2D eigenvalue weighted by atomic mass is 35.5. The first-order valence-electron chi connectivity index (χ1n) is 4.25. The number of amides is 1. The van der Waals surface area contributed by atoms with Crippen molar-refractivity contribution in [2.45, 2.75) is 20.3 Å². The van der Waals surface area contributed by atoms with E-state index < -0.39 is 6.09 Å². The van der Waals surface area contributed by atoms with E-state index >= 15 is 0 Å². The number of rotatable bonds is 3. The number of hydrogen-bond donors (Lipinski definition) is 1. The standard InChI is InChI=1S/C8H10ClN3O3/c1-3-6(9)11-15-8(13)10-7-4-5(2)14-12-7/h4H,3H2,1-2H3,(H,10,12,13). The minimum atomic E-state index is -0.769. The summed E-state index contributed by atoms with van der Waals surface area (Å²) in [5.41, 5.74) is 0. The second kappa shape index (κ2) is 5.35. The van der Waals surface area contributed by atoms with Crippen molar-refractivity contribution in [2.24, 2.45) is 5.16 Å². The van der Waals surface area contributed by atoms with Crippen LogP contribution in [-0.4, -0.2) is 16.4 Å². The molecule has 82 valence electrons. The van der Waals surface area contributed by atoms with Crippen LogP contribution in [0.4, 0.5) is 10.6 Å². The molecule has 1 aromatic heterocycles. The van der Waals surface area contributed by atoms with Crippen molar-refractivity contribution in [2.75, 3.05) is 5.32 Å². The van der Waals surface area contributed by atoms with E-state index in [0.29, 0.717) is 12.2 Å². The summed E-state index contributed by atoms with van der Waals surface area (Å²) in [5, 5.41) is 9.41. The van der Waals surface area contributed by atoms with Gasteiger partial charge in [0.25, 0.3) is 0 Å². The molecule has 0 saturated heterocycles. The molecule has 15 heavy (non-hydrogen) atoms. The maximum Gasteiger partial charge on any atom is 0.439 e. The number of nitrogens with zero attached hydrogens (tertiary/aromatic N) is 2. The van der Waals surface area contributed by atoms with Crippen LogP contribution in [-0.2, 0) is 4.84 Å². The topological polar surface area (TPSA) is 76.7 Å². The zero-order valence-electron chi connectivity index (χ0n) is 8.28. The van der Waals surface area contributed by atoms with E-state index in [4.69, 9.17) is 16.1 Å². The molecule has 0 unspecified atom stereocenters. The average molecular weight is 232 g/mol. The number of hydrogen-bond acceptors (Lipinski definition) is 5. The molecule has 1 N–H and O–H groups in total. The predicted molar refractivity (Wildman–Crippen MR) is 54.9 cm³/mol. The molecule has 0 fully saturated rings. The highest BCUT2D eigenvalue weighted by molar-refractivity contribution is 6.65. The molecule has 0 aliphatic rings. The van der Waals surface area contributed by atoms with Crippen LogP contribution in [0.2, 0.25) is 0 Å². The first-order chi connectivity index (χ1) is 7.11. The summed E-state index contributed by atoms with van der Waals surface area (Å²) in [5.74, 6) is 0.848. The first-order valence-corrected chi connectivity index (χ1v) is 4.63. The van der Waals surface area contributed by atoms with Gasteiger partial charge in [0.05, 0.1) is 0 Å². The Kier molecular flexibility index (Phi) is 4.11. The zero-order chi connectivity index (χ0) is 11.3. The number of halogens is 1. The fourth-order valence-corrected chi connectivity index (χ4v) is 0.743. The van der Waals surface area contributed by atoms with Crippen LogP contribution in [0, 0.1) is 6.92 Å². The van der Waals surface area contributed by atoms with Crippen molar-refractivity contribution < 1.29 is 14.2 Å². The number of oxime groups is 1. The molecule has 1 heterocycles. The molecule has 1 amide bonds. The van der Waals surface area contributed by atoms with Crippen molar-refractivity contribution in [1.29, 1.82) is 0 Å². The van der Waals surface area contributed by atoms with Gasteiger partial charge in [-0.1, -0.05) is 28.8 Å². The molecule has 0 spiro atoms. The number of carbonyl (C=O) groups is 1. The summed E-state index contributed by atoms with van der Waals surface area (Å²) in [6.45, 7) is 3.49. The van der Waals surface area contributed by atoms with Gasteiger partial charge in [0.1, 0.15) is 10.9 Å². The normalized spacial score (nSPS) is 11.3. The largest absolute Gasteiger partial charge is 0.439 e. The third kappa shape index (κ3) is 3.99. The number of aryl methyl sites for hydroxylation is 1. The number of aromatic nitrogens is 1. The smallest absolute Gasteiger partial charge is 0.360 e. The Morgan fingerprint density at radius 1 is 1.80 bits per heavy atom.